The Morgan fingerprint density at radius 1 is 0.970 bits per heavy atom. The van der Waals surface area contributed by atoms with Gasteiger partial charge in [0.05, 0.1) is 11.6 Å². The van der Waals surface area contributed by atoms with Crippen LogP contribution in [0.15, 0.2) is 60.7 Å². The number of thiazole rings is 1. The molecule has 1 aliphatic carbocycles. The van der Waals surface area contributed by atoms with Gasteiger partial charge in [0.2, 0.25) is 12.7 Å². The monoisotopic (exact) mass is 457 g/mol. The van der Waals surface area contributed by atoms with E-state index in [1.165, 1.54) is 11.3 Å². The first-order valence-electron chi connectivity index (χ1n) is 10.6. The number of aromatic nitrogens is 1. The molecule has 1 aliphatic heterocycles. The van der Waals surface area contributed by atoms with Gasteiger partial charge in [-0.05, 0) is 42.5 Å². The molecule has 0 spiro atoms. The predicted octanol–water partition coefficient (Wildman–Crippen LogP) is 4.95. The highest BCUT2D eigenvalue weighted by Crippen LogP contribution is 2.39. The van der Waals surface area contributed by atoms with E-state index < -0.39 is 0 Å². The Kier molecular flexibility index (Phi) is 4.73. The van der Waals surface area contributed by atoms with Crippen LogP contribution in [-0.4, -0.2) is 23.6 Å². The molecule has 2 N–H and O–H groups in total. The van der Waals surface area contributed by atoms with Crippen molar-refractivity contribution in [2.45, 2.75) is 18.8 Å². The van der Waals surface area contributed by atoms with Crippen LogP contribution in [0.1, 0.15) is 33.3 Å². The lowest BCUT2D eigenvalue weighted by Crippen LogP contribution is -2.20. The fraction of sp³-hybridized carbons (Fsp3) is 0.160. The molecule has 3 aromatic carbocycles. The number of fused-ring (bicyclic) bond motifs is 3. The standard InChI is InChI=1S/C25H19N3O4S/c29-23(15-8-10-19-20(12-15)32-13-31-19)28-25-27-22-17(9-11-21(22)33-25)24(30)26-18-7-3-5-14-4-1-2-6-16(14)18/h1-8,10,12,17H,9,11,13H2,(H,26,30)(H,27,28,29). The Balaban J connectivity index is 1.19. The first kappa shape index (κ1) is 19.8. The summed E-state index contributed by atoms with van der Waals surface area (Å²) in [6.07, 6.45) is 1.47. The number of amides is 2. The third-order valence-corrected chi connectivity index (χ3v) is 6.98. The van der Waals surface area contributed by atoms with Gasteiger partial charge in [-0.15, -0.1) is 11.3 Å². The van der Waals surface area contributed by atoms with E-state index >= 15 is 0 Å². The smallest absolute Gasteiger partial charge is 0.257 e. The maximum Gasteiger partial charge on any atom is 0.257 e. The summed E-state index contributed by atoms with van der Waals surface area (Å²) in [6.45, 7) is 0.155. The zero-order valence-electron chi connectivity index (χ0n) is 17.5. The van der Waals surface area contributed by atoms with Crippen molar-refractivity contribution in [2.75, 3.05) is 17.4 Å². The summed E-state index contributed by atoms with van der Waals surface area (Å²) in [6, 6.07) is 18.9. The summed E-state index contributed by atoms with van der Waals surface area (Å²) in [5.74, 6) is 0.474. The van der Waals surface area contributed by atoms with Gasteiger partial charge in [-0.1, -0.05) is 36.4 Å². The van der Waals surface area contributed by atoms with E-state index in [1.807, 2.05) is 42.5 Å². The lowest BCUT2D eigenvalue weighted by atomic mass is 10.1. The van der Waals surface area contributed by atoms with Crippen LogP contribution in [0, 0.1) is 0 Å². The van der Waals surface area contributed by atoms with Gasteiger partial charge in [0.1, 0.15) is 0 Å². The Bertz CT molecular complexity index is 1410. The maximum atomic E-state index is 13.1. The molecular weight excluding hydrogens is 438 g/mol. The van der Waals surface area contributed by atoms with Crippen LogP contribution in [0.5, 0.6) is 11.5 Å². The lowest BCUT2D eigenvalue weighted by Gasteiger charge is -2.13. The topological polar surface area (TPSA) is 89.6 Å². The molecule has 164 valence electrons. The average molecular weight is 458 g/mol. The molecule has 1 atom stereocenters. The summed E-state index contributed by atoms with van der Waals surface area (Å²) in [5, 5.41) is 8.50. The third kappa shape index (κ3) is 3.58. The number of benzene rings is 3. The minimum Gasteiger partial charge on any atom is -0.454 e. The van der Waals surface area contributed by atoms with Crippen molar-refractivity contribution in [3.8, 4) is 11.5 Å². The number of nitrogens with zero attached hydrogens (tertiary/aromatic N) is 1. The number of carbonyl (C=O) groups is 2. The van der Waals surface area contributed by atoms with Gasteiger partial charge in [-0.25, -0.2) is 4.98 Å². The molecule has 0 saturated heterocycles. The number of ether oxygens (including phenoxy) is 2. The zero-order chi connectivity index (χ0) is 22.4. The van der Waals surface area contributed by atoms with E-state index in [-0.39, 0.29) is 24.5 Å². The van der Waals surface area contributed by atoms with E-state index in [0.29, 0.717) is 28.6 Å². The molecule has 0 saturated carbocycles. The molecule has 33 heavy (non-hydrogen) atoms. The molecule has 0 bridgehead atoms. The summed E-state index contributed by atoms with van der Waals surface area (Å²) in [4.78, 5) is 31.5. The van der Waals surface area contributed by atoms with Gasteiger partial charge in [-0.3, -0.25) is 14.9 Å². The van der Waals surface area contributed by atoms with Crippen LogP contribution in [0.4, 0.5) is 10.8 Å². The Morgan fingerprint density at radius 2 is 1.82 bits per heavy atom. The number of nitrogens with one attached hydrogen (secondary N) is 2. The predicted molar refractivity (Wildman–Crippen MR) is 126 cm³/mol. The van der Waals surface area contributed by atoms with Crippen molar-refractivity contribution in [2.24, 2.45) is 0 Å². The molecule has 6 rings (SSSR count). The van der Waals surface area contributed by atoms with Gasteiger partial charge < -0.3 is 14.8 Å². The molecule has 2 aliphatic rings. The van der Waals surface area contributed by atoms with E-state index in [9.17, 15) is 9.59 Å². The molecule has 0 radical (unpaired) electrons. The van der Waals surface area contributed by atoms with E-state index in [0.717, 1.165) is 33.5 Å². The molecule has 1 aromatic heterocycles. The molecule has 2 heterocycles. The highest BCUT2D eigenvalue weighted by atomic mass is 32.1. The average Bonchev–Trinajstić information content (AvgIpc) is 3.54. The summed E-state index contributed by atoms with van der Waals surface area (Å²) < 4.78 is 10.6. The van der Waals surface area contributed by atoms with Gasteiger partial charge in [0.15, 0.2) is 16.6 Å². The van der Waals surface area contributed by atoms with Crippen LogP contribution in [0.3, 0.4) is 0 Å². The maximum absolute atomic E-state index is 13.1. The van der Waals surface area contributed by atoms with Crippen molar-refractivity contribution >= 4 is 44.7 Å². The first-order valence-corrected chi connectivity index (χ1v) is 11.5. The third-order valence-electron chi connectivity index (χ3n) is 5.94. The van der Waals surface area contributed by atoms with Crippen LogP contribution >= 0.6 is 11.3 Å². The fourth-order valence-corrected chi connectivity index (χ4v) is 5.33. The lowest BCUT2D eigenvalue weighted by molar-refractivity contribution is -0.117. The van der Waals surface area contributed by atoms with Gasteiger partial charge in [0.25, 0.3) is 5.91 Å². The zero-order valence-corrected chi connectivity index (χ0v) is 18.3. The van der Waals surface area contributed by atoms with Crippen molar-refractivity contribution in [3.63, 3.8) is 0 Å². The molecule has 0 fully saturated rings. The van der Waals surface area contributed by atoms with Crippen molar-refractivity contribution in [1.82, 2.24) is 4.98 Å². The quantitative estimate of drug-likeness (QED) is 0.453. The molecule has 1 unspecified atom stereocenters. The second-order valence-electron chi connectivity index (χ2n) is 7.96. The Labute approximate surface area is 193 Å². The number of carbonyl (C=O) groups excluding carboxylic acids is 2. The van der Waals surface area contributed by atoms with E-state index in [1.54, 1.807) is 18.2 Å². The first-order chi connectivity index (χ1) is 16.2. The van der Waals surface area contributed by atoms with E-state index in [4.69, 9.17) is 9.47 Å². The number of rotatable bonds is 4. The Hall–Kier alpha value is -3.91. The minimum atomic E-state index is -0.341. The second kappa shape index (κ2) is 7.90. The van der Waals surface area contributed by atoms with Gasteiger partial charge >= 0.3 is 0 Å². The number of aryl methyl sites for hydroxylation is 1. The van der Waals surface area contributed by atoms with Crippen molar-refractivity contribution in [1.29, 1.82) is 0 Å². The highest BCUT2D eigenvalue weighted by Gasteiger charge is 2.33. The molecule has 7 nitrogen and oxygen atoms in total. The van der Waals surface area contributed by atoms with Gasteiger partial charge in [-0.2, -0.15) is 0 Å². The highest BCUT2D eigenvalue weighted by molar-refractivity contribution is 7.16. The van der Waals surface area contributed by atoms with E-state index in [2.05, 4.69) is 15.6 Å². The molecule has 8 heteroatoms. The van der Waals surface area contributed by atoms with Crippen LogP contribution < -0.4 is 20.1 Å². The summed E-state index contributed by atoms with van der Waals surface area (Å²) >= 11 is 1.42. The van der Waals surface area contributed by atoms with Crippen molar-refractivity contribution < 1.29 is 19.1 Å². The Morgan fingerprint density at radius 3 is 2.76 bits per heavy atom. The molecular formula is C25H19N3O4S. The van der Waals surface area contributed by atoms with Crippen molar-refractivity contribution in [3.05, 3.63) is 76.8 Å². The van der Waals surface area contributed by atoms with Crippen LogP contribution in [-0.2, 0) is 11.2 Å². The summed E-state index contributed by atoms with van der Waals surface area (Å²) in [5.41, 5.74) is 2.00. The SMILES string of the molecule is O=C(Nc1nc2c(s1)CCC2C(=O)Nc1cccc2ccccc12)c1ccc2c(c1)OCO2. The minimum absolute atomic E-state index is 0.0796. The van der Waals surface area contributed by atoms with Gasteiger partial charge in [0, 0.05) is 21.5 Å². The second-order valence-corrected chi connectivity index (χ2v) is 9.04. The number of hydrogen-bond acceptors (Lipinski definition) is 6. The largest absolute Gasteiger partial charge is 0.454 e. The fourth-order valence-electron chi connectivity index (χ4n) is 4.30. The normalized spacial score (nSPS) is 15.9. The van der Waals surface area contributed by atoms with Crippen LogP contribution in [0.2, 0.25) is 0 Å². The molecule has 4 aromatic rings. The number of anilines is 2. The molecule has 2 amide bonds. The summed E-state index contributed by atoms with van der Waals surface area (Å²) in [7, 11) is 0. The number of hydrogen-bond donors (Lipinski definition) is 2. The van der Waals surface area contributed by atoms with Crippen LogP contribution in [0.25, 0.3) is 10.8 Å².